The molecule has 0 unspecified atom stereocenters. The molecule has 1 heterocycles. The monoisotopic (exact) mass is 399 g/mol. The fraction of sp³-hybridized carbons (Fsp3) is 0.0833. The van der Waals surface area contributed by atoms with Gasteiger partial charge in [0.15, 0.2) is 11.5 Å². The lowest BCUT2D eigenvalue weighted by atomic mass is 10.1. The first-order valence-corrected chi connectivity index (χ1v) is 9.45. The van der Waals surface area contributed by atoms with E-state index in [1.54, 1.807) is 30.6 Å². The zero-order chi connectivity index (χ0) is 20.9. The van der Waals surface area contributed by atoms with E-state index in [1.807, 2.05) is 53.1 Å². The van der Waals surface area contributed by atoms with Crippen LogP contribution in [0.5, 0.6) is 11.5 Å². The van der Waals surface area contributed by atoms with Crippen molar-refractivity contribution < 1.29 is 14.3 Å². The molecule has 1 N–H and O–H groups in total. The Morgan fingerprint density at radius 1 is 1.10 bits per heavy atom. The van der Waals surface area contributed by atoms with Gasteiger partial charge >= 0.3 is 0 Å². The van der Waals surface area contributed by atoms with Gasteiger partial charge in [-0.3, -0.25) is 9.36 Å². The minimum atomic E-state index is -0.232. The van der Waals surface area contributed by atoms with E-state index < -0.39 is 0 Å². The van der Waals surface area contributed by atoms with E-state index >= 15 is 0 Å². The van der Waals surface area contributed by atoms with Gasteiger partial charge in [0, 0.05) is 16.9 Å². The van der Waals surface area contributed by atoms with Crippen molar-refractivity contribution in [2.24, 2.45) is 0 Å². The van der Waals surface area contributed by atoms with Crippen LogP contribution < -0.4 is 14.8 Å². The van der Waals surface area contributed by atoms with Crippen LogP contribution in [0.25, 0.3) is 16.7 Å². The number of nitrogens with zero attached hydrogens (tertiary/aromatic N) is 2. The van der Waals surface area contributed by atoms with Gasteiger partial charge in [0.2, 0.25) is 0 Å². The molecule has 0 fully saturated rings. The number of amides is 1. The summed E-state index contributed by atoms with van der Waals surface area (Å²) in [5, 5.41) is 2.91. The molecule has 4 rings (SSSR count). The van der Waals surface area contributed by atoms with Crippen LogP contribution in [0.2, 0.25) is 0 Å². The fourth-order valence-electron chi connectivity index (χ4n) is 3.15. The largest absolute Gasteiger partial charge is 0.493 e. The van der Waals surface area contributed by atoms with Crippen LogP contribution in [0, 0.1) is 0 Å². The van der Waals surface area contributed by atoms with Crippen LogP contribution >= 0.6 is 0 Å². The number of fused-ring (bicyclic) bond motifs is 1. The topological polar surface area (TPSA) is 65.4 Å². The zero-order valence-corrected chi connectivity index (χ0v) is 16.5. The summed E-state index contributed by atoms with van der Waals surface area (Å²) in [7, 11) is 1.54. The summed E-state index contributed by atoms with van der Waals surface area (Å²) in [6, 6.07) is 20.6. The molecule has 0 spiro atoms. The maximum absolute atomic E-state index is 12.7. The molecule has 0 aliphatic heterocycles. The lowest BCUT2D eigenvalue weighted by Gasteiger charge is -2.12. The molecule has 0 aliphatic carbocycles. The Morgan fingerprint density at radius 2 is 1.90 bits per heavy atom. The average molecular weight is 399 g/mol. The molecule has 0 aliphatic rings. The highest BCUT2D eigenvalue weighted by Crippen LogP contribution is 2.28. The number of carbonyl (C=O) groups is 1. The predicted molar refractivity (Wildman–Crippen MR) is 118 cm³/mol. The van der Waals surface area contributed by atoms with Crippen LogP contribution in [0.3, 0.4) is 0 Å². The highest BCUT2D eigenvalue weighted by Gasteiger charge is 2.12. The van der Waals surface area contributed by atoms with Gasteiger partial charge in [0.1, 0.15) is 12.9 Å². The summed E-state index contributed by atoms with van der Waals surface area (Å²) >= 11 is 0. The van der Waals surface area contributed by atoms with E-state index in [4.69, 9.17) is 9.47 Å². The van der Waals surface area contributed by atoms with Crippen molar-refractivity contribution in [1.82, 2.24) is 9.55 Å². The van der Waals surface area contributed by atoms with Gasteiger partial charge in [-0.2, -0.15) is 0 Å². The minimum Gasteiger partial charge on any atom is -0.493 e. The molecular weight excluding hydrogens is 378 g/mol. The number of benzene rings is 3. The quantitative estimate of drug-likeness (QED) is 0.451. The number of ether oxygens (including phenoxy) is 2. The van der Waals surface area contributed by atoms with Gasteiger partial charge in [-0.15, -0.1) is 0 Å². The molecule has 0 saturated carbocycles. The van der Waals surface area contributed by atoms with Crippen molar-refractivity contribution in [3.63, 3.8) is 0 Å². The Balaban J connectivity index is 1.50. The number of imidazole rings is 1. The third-order valence-electron chi connectivity index (χ3n) is 4.64. The smallest absolute Gasteiger partial charge is 0.255 e. The van der Waals surface area contributed by atoms with Gasteiger partial charge in [0.05, 0.1) is 18.1 Å². The maximum atomic E-state index is 12.7. The first-order valence-electron chi connectivity index (χ1n) is 9.45. The maximum Gasteiger partial charge on any atom is 0.255 e. The summed E-state index contributed by atoms with van der Waals surface area (Å²) in [5.74, 6) is 0.821. The molecule has 1 amide bonds. The number of hydrogen-bond acceptors (Lipinski definition) is 4. The number of hydrogen-bond donors (Lipinski definition) is 1. The Bertz CT molecular complexity index is 1200. The van der Waals surface area contributed by atoms with Crippen LogP contribution in [0.15, 0.2) is 85.7 Å². The molecule has 30 heavy (non-hydrogen) atoms. The van der Waals surface area contributed by atoms with Crippen molar-refractivity contribution in [2.45, 2.75) is 0 Å². The number of rotatable bonds is 7. The standard InChI is InChI=1S/C24H21N3O3/c1-3-14-30-22-13-8-17(15-23(22)29-2)24(28)26-18-9-11-19(12-10-18)27-16-25-20-6-4-5-7-21(20)27/h3-13,15-16H,1,14H2,2H3,(H,26,28). The Kier molecular flexibility index (Phi) is 5.48. The highest BCUT2D eigenvalue weighted by atomic mass is 16.5. The summed E-state index contributed by atoms with van der Waals surface area (Å²) in [6.07, 6.45) is 3.44. The van der Waals surface area contributed by atoms with Gasteiger partial charge in [-0.25, -0.2) is 4.98 Å². The van der Waals surface area contributed by atoms with Gasteiger partial charge in [-0.1, -0.05) is 24.8 Å². The molecule has 6 nitrogen and oxygen atoms in total. The lowest BCUT2D eigenvalue weighted by molar-refractivity contribution is 0.102. The van der Waals surface area contributed by atoms with Gasteiger partial charge in [-0.05, 0) is 54.6 Å². The van der Waals surface area contributed by atoms with Gasteiger partial charge < -0.3 is 14.8 Å². The summed E-state index contributed by atoms with van der Waals surface area (Å²) in [6.45, 7) is 3.99. The molecule has 0 radical (unpaired) electrons. The fourth-order valence-corrected chi connectivity index (χ4v) is 3.15. The number of nitrogens with one attached hydrogen (secondary N) is 1. The molecule has 150 valence electrons. The average Bonchev–Trinajstić information content (AvgIpc) is 3.22. The van der Waals surface area contributed by atoms with Crippen molar-refractivity contribution in [2.75, 3.05) is 19.0 Å². The van der Waals surface area contributed by atoms with Gasteiger partial charge in [0.25, 0.3) is 5.91 Å². The van der Waals surface area contributed by atoms with Crippen LogP contribution in [0.4, 0.5) is 5.69 Å². The predicted octanol–water partition coefficient (Wildman–Crippen LogP) is 4.85. The molecular formula is C24H21N3O3. The Hall–Kier alpha value is -4.06. The normalized spacial score (nSPS) is 10.6. The van der Waals surface area contributed by atoms with E-state index in [9.17, 15) is 4.79 Å². The third-order valence-corrected chi connectivity index (χ3v) is 4.64. The van der Waals surface area contributed by atoms with Crippen molar-refractivity contribution in [3.05, 3.63) is 91.3 Å². The third kappa shape index (κ3) is 3.89. The summed E-state index contributed by atoms with van der Waals surface area (Å²) in [4.78, 5) is 17.1. The lowest BCUT2D eigenvalue weighted by Crippen LogP contribution is -2.12. The van der Waals surface area contributed by atoms with Crippen LogP contribution in [-0.2, 0) is 0 Å². The second kappa shape index (κ2) is 8.53. The highest BCUT2D eigenvalue weighted by molar-refractivity contribution is 6.04. The minimum absolute atomic E-state index is 0.232. The molecule has 4 aromatic rings. The number of methoxy groups -OCH3 is 1. The molecule has 6 heteroatoms. The first-order chi connectivity index (χ1) is 14.7. The van der Waals surface area contributed by atoms with Crippen molar-refractivity contribution >= 4 is 22.6 Å². The van der Waals surface area contributed by atoms with Crippen LogP contribution in [0.1, 0.15) is 10.4 Å². The molecule has 0 saturated heterocycles. The Morgan fingerprint density at radius 3 is 2.67 bits per heavy atom. The number of anilines is 1. The summed E-state index contributed by atoms with van der Waals surface area (Å²) < 4.78 is 12.9. The number of para-hydroxylation sites is 2. The zero-order valence-electron chi connectivity index (χ0n) is 16.5. The van der Waals surface area contributed by atoms with E-state index in [-0.39, 0.29) is 5.91 Å². The summed E-state index contributed by atoms with van der Waals surface area (Å²) in [5.41, 5.74) is 4.10. The Labute approximate surface area is 174 Å². The second-order valence-corrected chi connectivity index (χ2v) is 6.57. The molecule has 1 aromatic heterocycles. The molecule has 0 atom stereocenters. The SMILES string of the molecule is C=CCOc1ccc(C(=O)Nc2ccc(-n3cnc4ccccc43)cc2)cc1OC. The van der Waals surface area contributed by atoms with Crippen molar-refractivity contribution in [3.8, 4) is 17.2 Å². The van der Waals surface area contributed by atoms with E-state index in [0.29, 0.717) is 29.4 Å². The number of aromatic nitrogens is 2. The number of carbonyl (C=O) groups excluding carboxylic acids is 1. The molecule has 3 aromatic carbocycles. The van der Waals surface area contributed by atoms with E-state index in [1.165, 1.54) is 7.11 Å². The van der Waals surface area contributed by atoms with E-state index in [0.717, 1.165) is 16.7 Å². The molecule has 0 bridgehead atoms. The van der Waals surface area contributed by atoms with Crippen molar-refractivity contribution in [1.29, 1.82) is 0 Å². The first kappa shape index (κ1) is 19.3. The van der Waals surface area contributed by atoms with E-state index in [2.05, 4.69) is 16.9 Å². The second-order valence-electron chi connectivity index (χ2n) is 6.57. The van der Waals surface area contributed by atoms with Crippen LogP contribution in [-0.4, -0.2) is 29.2 Å².